The highest BCUT2D eigenvalue weighted by molar-refractivity contribution is 7.89. The molecule has 14 heteroatoms. The van der Waals surface area contributed by atoms with Crippen molar-refractivity contribution in [3.05, 3.63) is 98.7 Å². The summed E-state index contributed by atoms with van der Waals surface area (Å²) in [6.07, 6.45) is 1.93. The fourth-order valence-electron chi connectivity index (χ4n) is 6.49. The number of nitrogens with zero attached hydrogens (tertiary/aromatic N) is 2. The summed E-state index contributed by atoms with van der Waals surface area (Å²) < 4.78 is 44.3. The number of hydrogen-bond donors (Lipinski definition) is 4. The molecule has 0 aliphatic carbocycles. The van der Waals surface area contributed by atoms with Gasteiger partial charge in [0.15, 0.2) is 0 Å². The average molecular weight is 688 g/mol. The number of carbonyl (C=O) groups excluding carboxylic acids is 1. The molecule has 3 heterocycles. The molecule has 5 rings (SSSR count). The Hall–Kier alpha value is -3.78. The smallest absolute Gasteiger partial charge is 0.405 e. The van der Waals surface area contributed by atoms with Crippen molar-refractivity contribution < 1.29 is 27.5 Å². The highest BCUT2D eigenvalue weighted by Gasteiger charge is 2.38. The second-order valence-electron chi connectivity index (χ2n) is 12.3. The topological polar surface area (TPSA) is 150 Å². The zero-order valence-electron chi connectivity index (χ0n) is 26.2. The molecular formula is C33H39ClFN5O6S. The molecule has 11 nitrogen and oxygen atoms in total. The molecule has 2 aromatic carbocycles. The maximum atomic E-state index is 15.4. The van der Waals surface area contributed by atoms with Crippen LogP contribution in [0.2, 0.25) is 5.02 Å². The standard InChI is InChI=1S/C33H39ClFN5O6S/c1-20(2)39-18-22(10-15-29(39)41)30(21-8-11-23(34)12-9-21)31(38-33(43)44)32(42)37-28-7-3-6-27(35)26(28)14-13-25-17-36-24-5-4-16-47(45,46)40(25)19-24/h3,6-12,15,18,20,24-25,30-31,36,38H,4-5,13-14,16-17,19H2,1-2H3,(H,37,42)(H,43,44). The molecule has 5 unspecified atom stereocenters. The first-order valence-electron chi connectivity index (χ1n) is 15.6. The maximum Gasteiger partial charge on any atom is 0.405 e. The molecule has 47 heavy (non-hydrogen) atoms. The van der Waals surface area contributed by atoms with Crippen LogP contribution in [0.25, 0.3) is 0 Å². The molecular weight excluding hydrogens is 649 g/mol. The van der Waals surface area contributed by atoms with Gasteiger partial charge in [-0.25, -0.2) is 17.6 Å². The summed E-state index contributed by atoms with van der Waals surface area (Å²) in [6.45, 7) is 4.47. The van der Waals surface area contributed by atoms with E-state index in [4.69, 9.17) is 11.6 Å². The molecule has 4 N–H and O–H groups in total. The van der Waals surface area contributed by atoms with E-state index in [0.29, 0.717) is 42.1 Å². The predicted octanol–water partition coefficient (Wildman–Crippen LogP) is 4.33. The lowest BCUT2D eigenvalue weighted by Gasteiger charge is -2.37. The van der Waals surface area contributed by atoms with Crippen molar-refractivity contribution in [1.82, 2.24) is 19.5 Å². The molecule has 1 aromatic heterocycles. The van der Waals surface area contributed by atoms with Crippen LogP contribution in [0.15, 0.2) is 65.6 Å². The number of amides is 2. The monoisotopic (exact) mass is 687 g/mol. The Balaban J connectivity index is 1.46. The third-order valence-corrected chi connectivity index (χ3v) is 11.1. The van der Waals surface area contributed by atoms with Gasteiger partial charge in [0.1, 0.15) is 11.9 Å². The summed E-state index contributed by atoms with van der Waals surface area (Å²) in [7, 11) is -3.45. The van der Waals surface area contributed by atoms with Crippen LogP contribution < -0.4 is 21.5 Å². The van der Waals surface area contributed by atoms with Crippen LogP contribution in [0.1, 0.15) is 61.8 Å². The second kappa shape index (κ2) is 14.5. The van der Waals surface area contributed by atoms with Gasteiger partial charge in [0, 0.05) is 65.7 Å². The fourth-order valence-corrected chi connectivity index (χ4v) is 8.42. The second-order valence-corrected chi connectivity index (χ2v) is 14.8. The Morgan fingerprint density at radius 3 is 2.53 bits per heavy atom. The molecule has 2 bridgehead atoms. The summed E-state index contributed by atoms with van der Waals surface area (Å²) in [4.78, 5) is 38.7. The number of pyridine rings is 1. The Morgan fingerprint density at radius 2 is 1.83 bits per heavy atom. The van der Waals surface area contributed by atoms with Crippen LogP contribution in [0.4, 0.5) is 14.9 Å². The molecule has 252 valence electrons. The number of nitrogens with one attached hydrogen (secondary N) is 3. The van der Waals surface area contributed by atoms with Gasteiger partial charge in [0.2, 0.25) is 15.9 Å². The van der Waals surface area contributed by atoms with Gasteiger partial charge in [0.25, 0.3) is 5.56 Å². The van der Waals surface area contributed by atoms with E-state index < -0.39 is 39.8 Å². The van der Waals surface area contributed by atoms with Crippen molar-refractivity contribution in [1.29, 1.82) is 0 Å². The van der Waals surface area contributed by atoms with Crippen molar-refractivity contribution in [2.24, 2.45) is 0 Å². The molecule has 0 radical (unpaired) electrons. The zero-order chi connectivity index (χ0) is 33.9. The number of anilines is 1. The lowest BCUT2D eigenvalue weighted by Crippen LogP contribution is -2.57. The molecule has 0 spiro atoms. The summed E-state index contributed by atoms with van der Waals surface area (Å²) in [5, 5.41) is 18.8. The summed E-state index contributed by atoms with van der Waals surface area (Å²) in [5.41, 5.74) is 1.12. The van der Waals surface area contributed by atoms with Crippen molar-refractivity contribution in [2.75, 3.05) is 24.2 Å². The Bertz CT molecular complexity index is 1780. The SMILES string of the molecule is CC(C)n1cc(C(c2ccc(Cl)cc2)C(NC(=O)O)C(=O)Nc2cccc(F)c2CCC2CNC3CCCS(=O)(=O)N2C3)ccc1=O. The van der Waals surface area contributed by atoms with E-state index in [-0.39, 0.29) is 47.1 Å². The van der Waals surface area contributed by atoms with Gasteiger partial charge >= 0.3 is 6.09 Å². The summed E-state index contributed by atoms with van der Waals surface area (Å²) >= 11 is 6.14. The van der Waals surface area contributed by atoms with Crippen LogP contribution in [0.5, 0.6) is 0 Å². The molecule has 2 fully saturated rings. The number of sulfonamides is 1. The lowest BCUT2D eigenvalue weighted by atomic mass is 9.85. The van der Waals surface area contributed by atoms with E-state index in [1.807, 2.05) is 13.8 Å². The molecule has 2 aliphatic heterocycles. The molecule has 2 saturated heterocycles. The Morgan fingerprint density at radius 1 is 1.11 bits per heavy atom. The number of carboxylic acid groups (broad SMARTS) is 1. The number of rotatable bonds is 10. The third-order valence-electron chi connectivity index (χ3n) is 8.87. The molecule has 5 atom stereocenters. The normalized spacial score (nSPS) is 21.8. The van der Waals surface area contributed by atoms with E-state index in [1.165, 1.54) is 33.1 Å². The quantitative estimate of drug-likeness (QED) is 0.248. The van der Waals surface area contributed by atoms with Crippen LogP contribution in [-0.4, -0.2) is 71.4 Å². The Kier molecular flexibility index (Phi) is 10.7. The number of piperazine rings is 1. The van der Waals surface area contributed by atoms with Crippen molar-refractivity contribution >= 4 is 39.3 Å². The number of halogens is 2. The minimum Gasteiger partial charge on any atom is -0.465 e. The first kappa shape index (κ1) is 34.6. The molecule has 2 aliphatic rings. The van der Waals surface area contributed by atoms with E-state index in [9.17, 15) is 27.9 Å². The average Bonchev–Trinajstić information content (AvgIpc) is 3.13. The van der Waals surface area contributed by atoms with E-state index >= 15 is 4.39 Å². The van der Waals surface area contributed by atoms with Crippen molar-refractivity contribution in [3.63, 3.8) is 0 Å². The fraction of sp³-hybridized carbons (Fsp3) is 0.424. The summed E-state index contributed by atoms with van der Waals surface area (Å²) in [5.74, 6) is -2.16. The van der Waals surface area contributed by atoms with Gasteiger partial charge < -0.3 is 25.6 Å². The van der Waals surface area contributed by atoms with Crippen LogP contribution in [0, 0.1) is 5.82 Å². The minimum atomic E-state index is -3.45. The van der Waals surface area contributed by atoms with Crippen molar-refractivity contribution in [3.8, 4) is 0 Å². The zero-order valence-corrected chi connectivity index (χ0v) is 27.7. The van der Waals surface area contributed by atoms with E-state index in [0.717, 1.165) is 6.42 Å². The number of fused-ring (bicyclic) bond motifs is 2. The number of aromatic nitrogens is 1. The number of carbonyl (C=O) groups is 2. The highest BCUT2D eigenvalue weighted by Crippen LogP contribution is 2.32. The van der Waals surface area contributed by atoms with Gasteiger partial charge in [-0.1, -0.05) is 35.9 Å². The Labute approximate surface area is 278 Å². The van der Waals surface area contributed by atoms with Crippen LogP contribution in [-0.2, 0) is 21.2 Å². The first-order valence-corrected chi connectivity index (χ1v) is 17.6. The van der Waals surface area contributed by atoms with Gasteiger partial charge in [0.05, 0.1) is 5.75 Å². The van der Waals surface area contributed by atoms with E-state index in [2.05, 4.69) is 16.0 Å². The van der Waals surface area contributed by atoms with E-state index in [1.54, 1.807) is 36.5 Å². The van der Waals surface area contributed by atoms with Crippen LogP contribution >= 0.6 is 11.6 Å². The van der Waals surface area contributed by atoms with Crippen LogP contribution in [0.3, 0.4) is 0 Å². The lowest BCUT2D eigenvalue weighted by molar-refractivity contribution is -0.118. The van der Waals surface area contributed by atoms with Gasteiger partial charge in [-0.2, -0.15) is 4.31 Å². The van der Waals surface area contributed by atoms with Gasteiger partial charge in [-0.05, 0) is 74.9 Å². The highest BCUT2D eigenvalue weighted by atomic mass is 35.5. The van der Waals surface area contributed by atoms with Gasteiger partial charge in [-0.3, -0.25) is 9.59 Å². The number of hydrogen-bond acceptors (Lipinski definition) is 6. The minimum absolute atomic E-state index is 0.0736. The summed E-state index contributed by atoms with van der Waals surface area (Å²) in [6, 6.07) is 11.8. The maximum absolute atomic E-state index is 15.4. The largest absolute Gasteiger partial charge is 0.465 e. The van der Waals surface area contributed by atoms with Crippen molar-refractivity contribution in [2.45, 2.75) is 69.6 Å². The molecule has 2 amide bonds. The number of benzene rings is 2. The van der Waals surface area contributed by atoms with Gasteiger partial charge in [-0.15, -0.1) is 0 Å². The molecule has 3 aromatic rings. The predicted molar refractivity (Wildman–Crippen MR) is 178 cm³/mol. The first-order chi connectivity index (χ1) is 22.3. The third kappa shape index (κ3) is 8.03. The molecule has 0 saturated carbocycles.